The Morgan fingerprint density at radius 2 is 2.08 bits per heavy atom. The Hall–Kier alpha value is -2.80. The van der Waals surface area contributed by atoms with Gasteiger partial charge in [-0.05, 0) is 31.4 Å². The van der Waals surface area contributed by atoms with Crippen molar-refractivity contribution in [3.05, 3.63) is 57.5 Å². The van der Waals surface area contributed by atoms with E-state index in [9.17, 15) is 9.59 Å². The molecule has 1 aliphatic carbocycles. The molecule has 0 fully saturated rings. The highest BCUT2D eigenvalue weighted by Gasteiger charge is 2.28. The minimum absolute atomic E-state index is 0.246. The third-order valence-corrected chi connectivity index (χ3v) is 4.60. The van der Waals surface area contributed by atoms with Crippen molar-refractivity contribution in [3.8, 4) is 0 Å². The molecule has 1 heterocycles. The predicted octanol–water partition coefficient (Wildman–Crippen LogP) is 2.88. The summed E-state index contributed by atoms with van der Waals surface area (Å²) < 4.78 is 5.78. The molecule has 7 nitrogen and oxygen atoms in total. The third-order valence-electron chi connectivity index (χ3n) is 4.23. The number of nitrogens with two attached hydrogens (primary N) is 1. The first-order valence-electron chi connectivity index (χ1n) is 8.23. The van der Waals surface area contributed by atoms with Gasteiger partial charge >= 0.3 is 6.03 Å². The van der Waals surface area contributed by atoms with Gasteiger partial charge in [0.15, 0.2) is 5.76 Å². The summed E-state index contributed by atoms with van der Waals surface area (Å²) in [5.74, 6) is 0.622. The molecule has 26 heavy (non-hydrogen) atoms. The minimum atomic E-state index is -0.733. The number of fused-ring (bicyclic) bond motifs is 1. The Balaban J connectivity index is 1.81. The third kappa shape index (κ3) is 3.72. The number of benzene rings is 1. The summed E-state index contributed by atoms with van der Waals surface area (Å²) in [5, 5.41) is 7.46. The summed E-state index contributed by atoms with van der Waals surface area (Å²) in [6.45, 7) is 2.10. The molecule has 0 radical (unpaired) electrons. The van der Waals surface area contributed by atoms with Crippen LogP contribution in [0.2, 0.25) is 5.02 Å². The lowest BCUT2D eigenvalue weighted by molar-refractivity contribution is 0.0920. The molecule has 4 N–H and O–H groups in total. The van der Waals surface area contributed by atoms with E-state index in [-0.39, 0.29) is 11.7 Å². The summed E-state index contributed by atoms with van der Waals surface area (Å²) in [4.78, 5) is 23.5. The monoisotopic (exact) mass is 374 g/mol. The van der Waals surface area contributed by atoms with Gasteiger partial charge in [0, 0.05) is 29.1 Å². The zero-order valence-electron chi connectivity index (χ0n) is 14.3. The molecule has 0 unspecified atom stereocenters. The van der Waals surface area contributed by atoms with Crippen molar-refractivity contribution < 1.29 is 14.0 Å². The van der Waals surface area contributed by atoms with Crippen LogP contribution in [0.4, 0.5) is 4.79 Å². The highest BCUT2D eigenvalue weighted by atomic mass is 35.5. The smallest absolute Gasteiger partial charge is 0.332 e. The lowest BCUT2D eigenvalue weighted by Gasteiger charge is -2.13. The Morgan fingerprint density at radius 1 is 1.31 bits per heavy atom. The summed E-state index contributed by atoms with van der Waals surface area (Å²) in [7, 11) is 0. The van der Waals surface area contributed by atoms with Crippen LogP contribution in [0.25, 0.3) is 0 Å². The fourth-order valence-electron chi connectivity index (χ4n) is 3.02. The first-order chi connectivity index (χ1) is 12.5. The van der Waals surface area contributed by atoms with E-state index in [0.29, 0.717) is 41.4 Å². The number of urea groups is 1. The maximum atomic E-state index is 12.6. The van der Waals surface area contributed by atoms with Crippen LogP contribution >= 0.6 is 11.6 Å². The molecule has 1 aliphatic rings. The van der Waals surface area contributed by atoms with Gasteiger partial charge in [0.25, 0.3) is 5.91 Å². The van der Waals surface area contributed by atoms with Crippen LogP contribution < -0.4 is 16.5 Å². The average molecular weight is 375 g/mol. The average Bonchev–Trinajstić information content (AvgIpc) is 2.96. The second-order valence-corrected chi connectivity index (χ2v) is 6.42. The maximum Gasteiger partial charge on any atom is 0.332 e. The molecule has 0 saturated heterocycles. The van der Waals surface area contributed by atoms with E-state index in [0.717, 1.165) is 17.5 Å². The quantitative estimate of drug-likeness (QED) is 0.715. The van der Waals surface area contributed by atoms with Crippen LogP contribution in [0.15, 0.2) is 33.8 Å². The predicted molar refractivity (Wildman–Crippen MR) is 98.3 cm³/mol. The number of amides is 3. The fraction of sp³-hybridized carbons (Fsp3) is 0.278. The van der Waals surface area contributed by atoms with Gasteiger partial charge in [0.2, 0.25) is 0 Å². The summed E-state index contributed by atoms with van der Waals surface area (Å²) in [6, 6.07) is 6.58. The fourth-order valence-corrected chi connectivity index (χ4v) is 3.22. The van der Waals surface area contributed by atoms with E-state index in [2.05, 4.69) is 15.8 Å². The van der Waals surface area contributed by atoms with Crippen molar-refractivity contribution in [2.45, 2.75) is 32.7 Å². The van der Waals surface area contributed by atoms with Crippen LogP contribution in [-0.4, -0.2) is 17.6 Å². The van der Waals surface area contributed by atoms with E-state index in [1.165, 1.54) is 0 Å². The SMILES string of the molecule is Cc1c(C(=O)NCc2ccccc2Cl)oc2c1/C(=N/NC(N)=O)CCC2. The number of carbonyl (C=O) groups is 2. The number of hydrazone groups is 1. The lowest BCUT2D eigenvalue weighted by atomic mass is 9.93. The Labute approximate surface area is 155 Å². The molecule has 1 aromatic heterocycles. The molecule has 8 heteroatoms. The van der Waals surface area contributed by atoms with E-state index in [4.69, 9.17) is 21.8 Å². The molecule has 2 aromatic rings. The Bertz CT molecular complexity index is 889. The normalized spacial score (nSPS) is 14.8. The van der Waals surface area contributed by atoms with Crippen molar-refractivity contribution in [1.29, 1.82) is 0 Å². The number of aryl methyl sites for hydroxylation is 1. The van der Waals surface area contributed by atoms with Crippen molar-refractivity contribution in [2.75, 3.05) is 0 Å². The summed E-state index contributed by atoms with van der Waals surface area (Å²) in [5.41, 5.74) is 10.3. The van der Waals surface area contributed by atoms with E-state index >= 15 is 0 Å². The van der Waals surface area contributed by atoms with Gasteiger partial charge in [0.1, 0.15) is 5.76 Å². The standard InChI is InChI=1S/C18H19ClN4O3/c1-10-15-13(22-23-18(20)25)7-4-8-14(15)26-16(10)17(24)21-9-11-5-2-3-6-12(11)19/h2-3,5-6H,4,7-9H2,1H3,(H,21,24)(H3,20,23,25)/b22-13+. The molecule has 0 aliphatic heterocycles. The molecule has 3 rings (SSSR count). The minimum Gasteiger partial charge on any atom is -0.455 e. The largest absolute Gasteiger partial charge is 0.455 e. The van der Waals surface area contributed by atoms with Crippen molar-refractivity contribution >= 4 is 29.3 Å². The molecule has 0 bridgehead atoms. The van der Waals surface area contributed by atoms with Crippen LogP contribution in [0.3, 0.4) is 0 Å². The number of hydrogen-bond acceptors (Lipinski definition) is 4. The van der Waals surface area contributed by atoms with Gasteiger partial charge < -0.3 is 15.5 Å². The lowest BCUT2D eigenvalue weighted by Crippen LogP contribution is -2.27. The molecule has 3 amide bonds. The van der Waals surface area contributed by atoms with Crippen molar-refractivity contribution in [1.82, 2.24) is 10.7 Å². The number of rotatable bonds is 4. The van der Waals surface area contributed by atoms with Crippen LogP contribution in [0.1, 0.15) is 45.8 Å². The number of hydrogen-bond donors (Lipinski definition) is 3. The molecule has 0 saturated carbocycles. The molecular formula is C18H19ClN4O3. The van der Waals surface area contributed by atoms with Crippen LogP contribution in [-0.2, 0) is 13.0 Å². The second kappa shape index (κ2) is 7.61. The van der Waals surface area contributed by atoms with Crippen molar-refractivity contribution in [2.24, 2.45) is 10.8 Å². The number of nitrogens with zero attached hydrogens (tertiary/aromatic N) is 1. The number of furan rings is 1. The summed E-state index contributed by atoms with van der Waals surface area (Å²) >= 11 is 6.11. The van der Waals surface area contributed by atoms with Crippen LogP contribution in [0, 0.1) is 6.92 Å². The van der Waals surface area contributed by atoms with Gasteiger partial charge in [-0.3, -0.25) is 4.79 Å². The number of primary amides is 1. The van der Waals surface area contributed by atoms with Gasteiger partial charge in [0.05, 0.1) is 5.71 Å². The highest BCUT2D eigenvalue weighted by Crippen LogP contribution is 2.30. The Kier molecular flexibility index (Phi) is 5.27. The molecular weight excluding hydrogens is 356 g/mol. The highest BCUT2D eigenvalue weighted by molar-refractivity contribution is 6.31. The topological polar surface area (TPSA) is 110 Å². The van der Waals surface area contributed by atoms with E-state index in [1.807, 2.05) is 18.2 Å². The molecule has 0 spiro atoms. The number of halogens is 1. The molecule has 136 valence electrons. The first kappa shape index (κ1) is 18.0. The Morgan fingerprint density at radius 3 is 2.81 bits per heavy atom. The summed E-state index contributed by atoms with van der Waals surface area (Å²) in [6.07, 6.45) is 2.21. The van der Waals surface area contributed by atoms with Gasteiger partial charge in [-0.15, -0.1) is 0 Å². The molecule has 0 atom stereocenters. The van der Waals surface area contributed by atoms with Crippen molar-refractivity contribution in [3.63, 3.8) is 0 Å². The van der Waals surface area contributed by atoms with E-state index < -0.39 is 6.03 Å². The van der Waals surface area contributed by atoms with Gasteiger partial charge in [-0.2, -0.15) is 5.10 Å². The molecule has 1 aromatic carbocycles. The van der Waals surface area contributed by atoms with E-state index in [1.54, 1.807) is 13.0 Å². The zero-order valence-corrected chi connectivity index (χ0v) is 15.0. The number of nitrogens with one attached hydrogen (secondary N) is 2. The van der Waals surface area contributed by atoms with Gasteiger partial charge in [-0.25, -0.2) is 10.2 Å². The van der Waals surface area contributed by atoms with Gasteiger partial charge in [-0.1, -0.05) is 29.8 Å². The maximum absolute atomic E-state index is 12.6. The second-order valence-electron chi connectivity index (χ2n) is 6.02. The number of carbonyl (C=O) groups excluding carboxylic acids is 2. The zero-order chi connectivity index (χ0) is 18.7. The van der Waals surface area contributed by atoms with Crippen LogP contribution in [0.5, 0.6) is 0 Å². The first-order valence-corrected chi connectivity index (χ1v) is 8.61.